The van der Waals surface area contributed by atoms with Gasteiger partial charge in [0.05, 0.1) is 17.7 Å². The summed E-state index contributed by atoms with van der Waals surface area (Å²) in [7, 11) is 1.72. The van der Waals surface area contributed by atoms with Crippen LogP contribution in [0.5, 0.6) is 5.75 Å². The molecule has 1 aromatic heterocycles. The molecule has 0 spiro atoms. The number of aromatic nitrogens is 1. The lowest BCUT2D eigenvalue weighted by Gasteiger charge is -2.35. The number of nitrogens with zero attached hydrogens (tertiary/aromatic N) is 3. The maximum atomic E-state index is 13.1. The number of nitrogens with one attached hydrogen (secondary N) is 1. The van der Waals surface area contributed by atoms with E-state index in [1.165, 1.54) is 5.56 Å². The van der Waals surface area contributed by atoms with Gasteiger partial charge in [-0.25, -0.2) is 0 Å². The molecule has 3 amide bonds. The van der Waals surface area contributed by atoms with Gasteiger partial charge >= 0.3 is 0 Å². The number of carbonyl (C=O) groups is 3. The second kappa shape index (κ2) is 12.4. The Hall–Kier alpha value is -3.86. The van der Waals surface area contributed by atoms with Gasteiger partial charge in [-0.05, 0) is 80.6 Å². The summed E-state index contributed by atoms with van der Waals surface area (Å²) in [5.41, 5.74) is 4.71. The average Bonchev–Trinajstić information content (AvgIpc) is 3.55. The summed E-state index contributed by atoms with van der Waals surface area (Å²) in [4.78, 5) is 46.1. The molecule has 2 unspecified atom stereocenters. The van der Waals surface area contributed by atoms with Crippen LogP contribution >= 0.6 is 0 Å². The number of pyridine rings is 1. The van der Waals surface area contributed by atoms with Crippen LogP contribution in [0.1, 0.15) is 72.6 Å². The van der Waals surface area contributed by atoms with Gasteiger partial charge in [0.1, 0.15) is 17.9 Å². The van der Waals surface area contributed by atoms with Crippen molar-refractivity contribution in [3.63, 3.8) is 0 Å². The molecule has 46 heavy (non-hydrogen) atoms. The first-order chi connectivity index (χ1) is 22.2. The Labute approximate surface area is 269 Å². The summed E-state index contributed by atoms with van der Waals surface area (Å²) < 4.78 is 18.0. The van der Waals surface area contributed by atoms with Gasteiger partial charge < -0.3 is 19.1 Å². The highest BCUT2D eigenvalue weighted by Crippen LogP contribution is 2.36. The van der Waals surface area contributed by atoms with Crippen molar-refractivity contribution >= 4 is 28.6 Å². The molecule has 3 aromatic rings. The Balaban J connectivity index is 1.01. The highest BCUT2D eigenvalue weighted by Gasteiger charge is 2.40. The number of amides is 3. The van der Waals surface area contributed by atoms with Crippen molar-refractivity contribution in [2.45, 2.75) is 76.3 Å². The third-order valence-corrected chi connectivity index (χ3v) is 9.92. The van der Waals surface area contributed by atoms with Crippen molar-refractivity contribution in [2.75, 3.05) is 33.4 Å². The second-order valence-electron chi connectivity index (χ2n) is 13.8. The molecule has 4 atom stereocenters. The molecule has 7 rings (SSSR count). The van der Waals surface area contributed by atoms with E-state index in [2.05, 4.69) is 54.4 Å². The SMILES string of the molecule is COC[C@@H]1CN(Cc2ccc3nc(C4CCOC(C)(C)C4)ccc3c2)C[C@H]1Oc1ccc2c(c1)CN(C1CCC(=O)NC1=O)C2=O. The number of methoxy groups -OCH3 is 1. The predicted molar refractivity (Wildman–Crippen MR) is 171 cm³/mol. The molecule has 5 heterocycles. The second-order valence-corrected chi connectivity index (χ2v) is 13.8. The molecule has 0 bridgehead atoms. The Morgan fingerprint density at radius 1 is 1.04 bits per heavy atom. The van der Waals surface area contributed by atoms with Crippen LogP contribution in [-0.2, 0) is 32.2 Å². The molecule has 1 N–H and O–H groups in total. The third-order valence-electron chi connectivity index (χ3n) is 9.92. The smallest absolute Gasteiger partial charge is 0.255 e. The summed E-state index contributed by atoms with van der Waals surface area (Å²) in [5, 5.41) is 3.50. The minimum atomic E-state index is -0.635. The van der Waals surface area contributed by atoms with E-state index in [1.807, 2.05) is 12.1 Å². The van der Waals surface area contributed by atoms with Gasteiger partial charge in [-0.2, -0.15) is 0 Å². The molecule has 2 aromatic carbocycles. The van der Waals surface area contributed by atoms with Gasteiger partial charge in [-0.1, -0.05) is 12.1 Å². The number of benzene rings is 2. The summed E-state index contributed by atoms with van der Waals surface area (Å²) in [6.07, 6.45) is 2.49. The summed E-state index contributed by atoms with van der Waals surface area (Å²) in [6, 6.07) is 15.8. The predicted octanol–water partition coefficient (Wildman–Crippen LogP) is 4.19. The molecule has 0 saturated carbocycles. The normalized spacial score (nSPS) is 26.4. The fourth-order valence-electron chi connectivity index (χ4n) is 7.62. The molecule has 10 heteroatoms. The van der Waals surface area contributed by atoms with Gasteiger partial charge in [0.15, 0.2) is 0 Å². The largest absolute Gasteiger partial charge is 0.489 e. The third kappa shape index (κ3) is 6.26. The fraction of sp³-hybridized carbons (Fsp3) is 0.500. The zero-order valence-corrected chi connectivity index (χ0v) is 26.8. The number of hydrogen-bond acceptors (Lipinski definition) is 8. The van der Waals surface area contributed by atoms with E-state index in [4.69, 9.17) is 19.2 Å². The highest BCUT2D eigenvalue weighted by atomic mass is 16.5. The lowest BCUT2D eigenvalue weighted by molar-refractivity contribution is -0.136. The van der Waals surface area contributed by atoms with Crippen LogP contribution < -0.4 is 10.1 Å². The molecule has 0 radical (unpaired) electrons. The zero-order valence-electron chi connectivity index (χ0n) is 26.8. The Kier molecular flexibility index (Phi) is 8.29. The Morgan fingerprint density at radius 3 is 2.72 bits per heavy atom. The number of hydrogen-bond donors (Lipinski definition) is 1. The van der Waals surface area contributed by atoms with E-state index in [1.54, 1.807) is 18.1 Å². The quantitative estimate of drug-likeness (QED) is 0.371. The van der Waals surface area contributed by atoms with Crippen molar-refractivity contribution in [2.24, 2.45) is 5.92 Å². The molecular weight excluding hydrogens is 584 g/mol. The summed E-state index contributed by atoms with van der Waals surface area (Å²) in [5.74, 6) is 0.420. The van der Waals surface area contributed by atoms with Crippen LogP contribution in [0.4, 0.5) is 0 Å². The molecule has 4 aliphatic heterocycles. The fourth-order valence-corrected chi connectivity index (χ4v) is 7.62. The molecule has 242 valence electrons. The Morgan fingerprint density at radius 2 is 1.91 bits per heavy atom. The van der Waals surface area contributed by atoms with E-state index < -0.39 is 11.9 Å². The van der Waals surface area contributed by atoms with Crippen LogP contribution in [-0.4, -0.2) is 83.7 Å². The average molecular weight is 627 g/mol. The van der Waals surface area contributed by atoms with Crippen molar-refractivity contribution in [3.05, 3.63) is 70.9 Å². The standard InChI is InChI=1S/C36H42N4O6/c1-36(2)16-24(12-13-45-36)30-9-5-23-14-22(4-8-29(23)37-30)17-39-18-26(21-44-3)32(20-39)46-27-6-7-28-25(15-27)19-40(35(28)43)31-10-11-33(41)38-34(31)42/h4-9,14-15,24,26,31-32H,10-13,16-21H2,1-3H3,(H,38,41,42)/t24?,26-,31?,32+/m0/s1. The number of imide groups is 1. The highest BCUT2D eigenvalue weighted by molar-refractivity contribution is 6.05. The number of fused-ring (bicyclic) bond motifs is 2. The number of ether oxygens (including phenoxy) is 3. The van der Waals surface area contributed by atoms with Gasteiger partial charge in [-0.3, -0.25) is 29.6 Å². The number of likely N-dealkylation sites (tertiary alicyclic amines) is 1. The van der Waals surface area contributed by atoms with E-state index >= 15 is 0 Å². The van der Waals surface area contributed by atoms with Gasteiger partial charge in [0, 0.05) is 74.8 Å². The first kappa shape index (κ1) is 30.8. The minimum absolute atomic E-state index is 0.0743. The number of rotatable bonds is 8. The van der Waals surface area contributed by atoms with E-state index in [-0.39, 0.29) is 35.9 Å². The first-order valence-electron chi connectivity index (χ1n) is 16.3. The van der Waals surface area contributed by atoms with Gasteiger partial charge in [0.2, 0.25) is 11.8 Å². The Bertz CT molecular complexity index is 1670. The maximum Gasteiger partial charge on any atom is 0.255 e. The van der Waals surface area contributed by atoms with Crippen molar-refractivity contribution in [1.82, 2.24) is 20.1 Å². The van der Waals surface area contributed by atoms with E-state index in [0.29, 0.717) is 36.8 Å². The first-order valence-corrected chi connectivity index (χ1v) is 16.3. The summed E-state index contributed by atoms with van der Waals surface area (Å²) in [6.45, 7) is 8.39. The van der Waals surface area contributed by atoms with Gasteiger partial charge in [0.25, 0.3) is 5.91 Å². The zero-order chi connectivity index (χ0) is 32.0. The van der Waals surface area contributed by atoms with Crippen molar-refractivity contribution in [1.29, 1.82) is 0 Å². The van der Waals surface area contributed by atoms with Crippen molar-refractivity contribution < 1.29 is 28.6 Å². The molecule has 0 aliphatic carbocycles. The van der Waals surface area contributed by atoms with Crippen LogP contribution in [0.2, 0.25) is 0 Å². The van der Waals surface area contributed by atoms with E-state index in [9.17, 15) is 14.4 Å². The van der Waals surface area contributed by atoms with E-state index in [0.717, 1.165) is 61.2 Å². The van der Waals surface area contributed by atoms with Crippen LogP contribution in [0.25, 0.3) is 10.9 Å². The van der Waals surface area contributed by atoms with Crippen LogP contribution in [0, 0.1) is 5.92 Å². The van der Waals surface area contributed by atoms with Crippen LogP contribution in [0.15, 0.2) is 48.5 Å². The monoisotopic (exact) mass is 626 g/mol. The molecule has 3 saturated heterocycles. The lowest BCUT2D eigenvalue weighted by Crippen LogP contribution is -2.52. The number of piperidine rings is 1. The minimum Gasteiger partial charge on any atom is -0.489 e. The van der Waals surface area contributed by atoms with Gasteiger partial charge in [-0.15, -0.1) is 0 Å². The molecule has 3 fully saturated rings. The number of carbonyl (C=O) groups excluding carboxylic acids is 3. The molecule has 10 nitrogen and oxygen atoms in total. The lowest BCUT2D eigenvalue weighted by atomic mass is 9.86. The maximum absolute atomic E-state index is 13.1. The molecule has 4 aliphatic rings. The summed E-state index contributed by atoms with van der Waals surface area (Å²) >= 11 is 0. The van der Waals surface area contributed by atoms with Crippen molar-refractivity contribution in [3.8, 4) is 5.75 Å². The van der Waals surface area contributed by atoms with Crippen LogP contribution in [0.3, 0.4) is 0 Å². The topological polar surface area (TPSA) is 110 Å². The molecular formula is C36H42N4O6.